The number of Topliss-reactive ketones (excluding diaryl/α,β-unsaturated/α-hetero) is 2. The average Bonchev–Trinajstić information content (AvgIpc) is 3.19. The summed E-state index contributed by atoms with van der Waals surface area (Å²) < 4.78 is 11.6. The Morgan fingerprint density at radius 2 is 1.62 bits per heavy atom. The van der Waals surface area contributed by atoms with Crippen molar-refractivity contribution in [1.29, 1.82) is 0 Å². The van der Waals surface area contributed by atoms with Gasteiger partial charge in [-0.2, -0.15) is 0 Å². The van der Waals surface area contributed by atoms with Crippen molar-refractivity contribution < 1.29 is 59.6 Å². The number of ether oxygens (including phenoxy) is 2. The van der Waals surface area contributed by atoms with Crippen LogP contribution in [0.4, 0.5) is 0 Å². The molecule has 5 rings (SSSR count). The van der Waals surface area contributed by atoms with E-state index in [1.165, 1.54) is 26.8 Å². The Balaban J connectivity index is 1.51. The van der Waals surface area contributed by atoms with E-state index in [2.05, 4.69) is 0 Å². The number of rotatable bonds is 7. The van der Waals surface area contributed by atoms with Crippen LogP contribution in [0.25, 0.3) is 0 Å². The topological polar surface area (TPSA) is 211 Å². The molecule has 1 saturated heterocycles. The van der Waals surface area contributed by atoms with Crippen molar-refractivity contribution in [2.24, 2.45) is 39.4 Å². The van der Waals surface area contributed by atoms with Crippen LogP contribution in [0.3, 0.4) is 0 Å². The molecule has 0 aromatic rings. The van der Waals surface area contributed by atoms with E-state index < -0.39 is 100 Å². The van der Waals surface area contributed by atoms with Crippen molar-refractivity contribution >= 4 is 17.3 Å². The summed E-state index contributed by atoms with van der Waals surface area (Å²) in [5.74, 6) is -2.91. The first-order valence-electron chi connectivity index (χ1n) is 17.0. The van der Waals surface area contributed by atoms with E-state index in [1.807, 2.05) is 26.8 Å². The van der Waals surface area contributed by atoms with Crippen LogP contribution >= 0.6 is 0 Å². The van der Waals surface area contributed by atoms with E-state index in [4.69, 9.17) is 9.47 Å². The zero-order valence-electron chi connectivity index (χ0n) is 29.2. The molecule has 1 aliphatic heterocycles. The van der Waals surface area contributed by atoms with Crippen LogP contribution in [0.1, 0.15) is 81.1 Å². The highest BCUT2D eigenvalue weighted by Gasteiger charge is 2.74. The maximum Gasteiger partial charge on any atom is 0.187 e. The van der Waals surface area contributed by atoms with E-state index in [1.54, 1.807) is 13.8 Å². The molecule has 0 aromatic heterocycles. The molecule has 3 saturated carbocycles. The Labute approximate surface area is 281 Å². The maximum atomic E-state index is 14.7. The lowest BCUT2D eigenvalue weighted by Crippen LogP contribution is -2.66. The van der Waals surface area contributed by atoms with Crippen LogP contribution < -0.4 is 0 Å². The van der Waals surface area contributed by atoms with Gasteiger partial charge in [-0.15, -0.1) is 0 Å². The molecule has 12 heteroatoms. The van der Waals surface area contributed by atoms with Gasteiger partial charge in [0, 0.05) is 23.2 Å². The standard InChI is InChI=1S/C36H54O12/c1-31(2,45)12-11-23(39)36(8,46)28-19(38)14-33(5)22-10-9-17-18(35(22,7)24(40)15-34(28,33)6)13-20(29(44)32(17,3)4)47-30-27(43)26(42)25(41)21(16-37)48-30/h9,11-12,18-22,25-28,30,37-38,41-43,45-46H,10,13-16H2,1-8H3/b12-11+/t18-,19-,20+,21-,22+,25-,26+,27-,28+,30-,33+,34-,35+,36+/m0/s1. The van der Waals surface area contributed by atoms with Gasteiger partial charge in [0.05, 0.1) is 18.3 Å². The molecule has 7 N–H and O–H groups in total. The number of aliphatic hydroxyl groups is 7. The van der Waals surface area contributed by atoms with Gasteiger partial charge in [-0.1, -0.05) is 38.5 Å². The molecule has 0 bridgehead atoms. The minimum Gasteiger partial charge on any atom is -0.394 e. The smallest absolute Gasteiger partial charge is 0.187 e. The van der Waals surface area contributed by atoms with Crippen LogP contribution in [0.5, 0.6) is 0 Å². The van der Waals surface area contributed by atoms with Gasteiger partial charge in [0.15, 0.2) is 17.9 Å². The Hall–Kier alpha value is -1.87. The Morgan fingerprint density at radius 1 is 1.00 bits per heavy atom. The average molecular weight is 679 g/mol. The predicted octanol–water partition coefficient (Wildman–Crippen LogP) is 0.753. The number of allylic oxidation sites excluding steroid dienone is 2. The third kappa shape index (κ3) is 5.33. The minimum atomic E-state index is -2.04. The van der Waals surface area contributed by atoms with Gasteiger partial charge in [-0.05, 0) is 82.6 Å². The summed E-state index contributed by atoms with van der Waals surface area (Å²) in [6.07, 6.45) is -4.87. The second-order valence-corrected chi connectivity index (χ2v) is 17.0. The second kappa shape index (κ2) is 11.8. The minimum absolute atomic E-state index is 0.0345. The summed E-state index contributed by atoms with van der Waals surface area (Å²) in [6.45, 7) is 13.0. The summed E-state index contributed by atoms with van der Waals surface area (Å²) in [6, 6.07) is 0. The first-order valence-corrected chi connectivity index (χ1v) is 17.0. The zero-order chi connectivity index (χ0) is 36.2. The molecule has 0 amide bonds. The molecule has 0 spiro atoms. The molecular weight excluding hydrogens is 624 g/mol. The molecular formula is C36H54O12. The van der Waals surface area contributed by atoms with Crippen LogP contribution in [0.15, 0.2) is 23.8 Å². The number of hydrogen-bond donors (Lipinski definition) is 7. The molecule has 4 fully saturated rings. The van der Waals surface area contributed by atoms with Gasteiger partial charge in [-0.3, -0.25) is 14.4 Å². The fourth-order valence-corrected chi connectivity index (χ4v) is 10.4. The largest absolute Gasteiger partial charge is 0.394 e. The molecule has 4 aliphatic carbocycles. The normalized spacial score (nSPS) is 47.2. The quantitative estimate of drug-likeness (QED) is 0.147. The third-order valence-electron chi connectivity index (χ3n) is 13.3. The van der Waals surface area contributed by atoms with Crippen molar-refractivity contribution in [3.63, 3.8) is 0 Å². The maximum absolute atomic E-state index is 14.7. The van der Waals surface area contributed by atoms with Crippen molar-refractivity contribution in [2.45, 2.75) is 135 Å². The molecule has 5 aliphatic rings. The number of ketones is 3. The summed E-state index contributed by atoms with van der Waals surface area (Å²) in [7, 11) is 0. The number of hydrogen-bond acceptors (Lipinski definition) is 12. The van der Waals surface area contributed by atoms with Gasteiger partial charge >= 0.3 is 0 Å². The molecule has 1 heterocycles. The zero-order valence-corrected chi connectivity index (χ0v) is 29.2. The Bertz CT molecular complexity index is 1390. The third-order valence-corrected chi connectivity index (χ3v) is 13.3. The van der Waals surface area contributed by atoms with Crippen molar-refractivity contribution in [2.75, 3.05) is 6.61 Å². The number of fused-ring (bicyclic) bond motifs is 5. The van der Waals surface area contributed by atoms with E-state index in [0.29, 0.717) is 6.42 Å². The SMILES string of the molecule is CC(C)(O)/C=C/C(=O)[C@@](C)(O)[C@@H]1[C@@H](O)C[C@]2(C)[C@H]3CC=C4[C@H](C[C@@H](O[C@H]5O[C@@H](CO)[C@H](O)[C@@H](O)[C@@H]5O)C(=O)C4(C)C)[C@@]3(C)C(=O)C[C@@]12C. The number of carbonyl (C=O) groups is 3. The van der Waals surface area contributed by atoms with Gasteiger partial charge in [0.1, 0.15) is 41.9 Å². The summed E-state index contributed by atoms with van der Waals surface area (Å²) >= 11 is 0. The Kier molecular flexibility index (Phi) is 9.23. The lowest BCUT2D eigenvalue weighted by molar-refractivity contribution is -0.311. The Morgan fingerprint density at radius 3 is 2.21 bits per heavy atom. The summed E-state index contributed by atoms with van der Waals surface area (Å²) in [4.78, 5) is 42.0. The molecule has 12 nitrogen and oxygen atoms in total. The monoisotopic (exact) mass is 678 g/mol. The lowest BCUT2D eigenvalue weighted by atomic mass is 9.38. The van der Waals surface area contributed by atoms with Crippen molar-refractivity contribution in [1.82, 2.24) is 0 Å². The number of carbonyl (C=O) groups excluding carboxylic acids is 3. The highest BCUT2D eigenvalue weighted by molar-refractivity contribution is 5.98. The van der Waals surface area contributed by atoms with Crippen LogP contribution in [0, 0.1) is 39.4 Å². The predicted molar refractivity (Wildman–Crippen MR) is 171 cm³/mol. The first-order chi connectivity index (χ1) is 21.9. The van der Waals surface area contributed by atoms with E-state index in [-0.39, 0.29) is 36.7 Å². The van der Waals surface area contributed by atoms with Gasteiger partial charge < -0.3 is 45.2 Å². The van der Waals surface area contributed by atoms with Gasteiger partial charge in [0.2, 0.25) is 0 Å². The van der Waals surface area contributed by atoms with Crippen molar-refractivity contribution in [3.8, 4) is 0 Å². The molecule has 0 aromatic carbocycles. The molecule has 0 radical (unpaired) electrons. The molecule has 270 valence electrons. The van der Waals surface area contributed by atoms with Crippen molar-refractivity contribution in [3.05, 3.63) is 23.8 Å². The highest BCUT2D eigenvalue weighted by atomic mass is 16.7. The highest BCUT2D eigenvalue weighted by Crippen LogP contribution is 2.74. The first kappa shape index (κ1) is 37.4. The van der Waals surface area contributed by atoms with Crippen LogP contribution in [-0.4, -0.2) is 114 Å². The van der Waals surface area contributed by atoms with Crippen LogP contribution in [-0.2, 0) is 23.9 Å². The molecule has 0 unspecified atom stereocenters. The van der Waals surface area contributed by atoms with Gasteiger partial charge in [0.25, 0.3) is 0 Å². The van der Waals surface area contributed by atoms with E-state index in [0.717, 1.165) is 11.6 Å². The number of aliphatic hydroxyl groups excluding tert-OH is 5. The summed E-state index contributed by atoms with van der Waals surface area (Å²) in [5, 5.41) is 74.5. The summed E-state index contributed by atoms with van der Waals surface area (Å²) in [5.41, 5.74) is -6.36. The fourth-order valence-electron chi connectivity index (χ4n) is 10.4. The molecule has 14 atom stereocenters. The van der Waals surface area contributed by atoms with Crippen LogP contribution in [0.2, 0.25) is 0 Å². The lowest BCUT2D eigenvalue weighted by Gasteiger charge is -2.64. The molecule has 48 heavy (non-hydrogen) atoms. The van der Waals surface area contributed by atoms with E-state index >= 15 is 0 Å². The van der Waals surface area contributed by atoms with Gasteiger partial charge in [-0.25, -0.2) is 0 Å². The second-order valence-electron chi connectivity index (χ2n) is 17.0. The van der Waals surface area contributed by atoms with E-state index in [9.17, 15) is 50.1 Å². The fraction of sp³-hybridized carbons (Fsp3) is 0.806.